The third-order valence-corrected chi connectivity index (χ3v) is 7.43. The van der Waals surface area contributed by atoms with Crippen LogP contribution in [0.5, 0.6) is 0 Å². The Balaban J connectivity index is 1.35. The molecule has 0 aromatic heterocycles. The van der Waals surface area contributed by atoms with Crippen molar-refractivity contribution in [3.63, 3.8) is 0 Å². The zero-order valence-electron chi connectivity index (χ0n) is 22.1. The summed E-state index contributed by atoms with van der Waals surface area (Å²) in [7, 11) is 0. The van der Waals surface area contributed by atoms with Gasteiger partial charge in [0, 0.05) is 56.3 Å². The SMILES string of the molecule is CC(C)(C)OC(=O)C[N+]1(Cc2ccccc2)CCC(N2CCN(c3ccc(C=NN)cc3)CC2)CC1. The number of nitrogens with zero attached hydrogens (tertiary/aromatic N) is 4. The van der Waals surface area contributed by atoms with E-state index >= 15 is 0 Å². The standard InChI is InChI=1S/C29H42N5O2/c1-29(2,3)36-28(35)23-34(22-25-7-5-4-6-8-25)19-13-27(14-20-34)33-17-15-32(16-18-33)26-11-9-24(10-12-26)21-31-30/h4-12,21,27H,13-20,22-23,30H2,1-3H3/q+1. The van der Waals surface area contributed by atoms with E-state index in [4.69, 9.17) is 10.6 Å². The number of quaternary nitrogens is 1. The quantitative estimate of drug-likeness (QED) is 0.210. The van der Waals surface area contributed by atoms with Crippen molar-refractivity contribution < 1.29 is 14.0 Å². The van der Waals surface area contributed by atoms with E-state index in [2.05, 4.69) is 69.5 Å². The number of nitrogens with two attached hydrogens (primary N) is 1. The maximum atomic E-state index is 12.9. The Bertz CT molecular complexity index is 1000. The Labute approximate surface area is 216 Å². The number of hydrazone groups is 1. The van der Waals surface area contributed by atoms with Gasteiger partial charge in [-0.05, 0) is 38.5 Å². The molecular weight excluding hydrogens is 450 g/mol. The van der Waals surface area contributed by atoms with E-state index in [-0.39, 0.29) is 5.97 Å². The normalized spacial score (nSPS) is 23.6. The zero-order valence-corrected chi connectivity index (χ0v) is 22.1. The van der Waals surface area contributed by atoms with Crippen LogP contribution >= 0.6 is 0 Å². The molecule has 7 heteroatoms. The van der Waals surface area contributed by atoms with Gasteiger partial charge in [-0.15, -0.1) is 0 Å². The number of piperidine rings is 1. The summed E-state index contributed by atoms with van der Waals surface area (Å²) in [5.74, 6) is 5.17. The summed E-state index contributed by atoms with van der Waals surface area (Å²) in [5, 5.41) is 3.60. The van der Waals surface area contributed by atoms with Gasteiger partial charge in [-0.3, -0.25) is 4.90 Å². The van der Waals surface area contributed by atoms with Crippen LogP contribution in [0.4, 0.5) is 5.69 Å². The number of likely N-dealkylation sites (tertiary alicyclic amines) is 1. The number of piperazine rings is 1. The van der Waals surface area contributed by atoms with Crippen molar-refractivity contribution in [2.75, 3.05) is 50.7 Å². The highest BCUT2D eigenvalue weighted by atomic mass is 16.6. The van der Waals surface area contributed by atoms with E-state index in [1.165, 1.54) is 11.3 Å². The summed E-state index contributed by atoms with van der Waals surface area (Å²) in [6.07, 6.45) is 3.90. The van der Waals surface area contributed by atoms with E-state index in [9.17, 15) is 4.79 Å². The average Bonchev–Trinajstić information content (AvgIpc) is 2.85. The summed E-state index contributed by atoms with van der Waals surface area (Å²) in [4.78, 5) is 18.0. The molecule has 2 aromatic carbocycles. The fraction of sp³-hybridized carbons (Fsp3) is 0.517. The lowest BCUT2D eigenvalue weighted by Gasteiger charge is -2.47. The molecule has 2 saturated heterocycles. The smallest absolute Gasteiger partial charge is 0.362 e. The van der Waals surface area contributed by atoms with Gasteiger partial charge in [0.1, 0.15) is 12.1 Å². The number of anilines is 1. The molecule has 0 bridgehead atoms. The van der Waals surface area contributed by atoms with Crippen molar-refractivity contribution in [2.24, 2.45) is 10.9 Å². The third-order valence-electron chi connectivity index (χ3n) is 7.43. The largest absolute Gasteiger partial charge is 0.456 e. The molecule has 0 radical (unpaired) electrons. The second-order valence-electron chi connectivity index (χ2n) is 11.3. The minimum absolute atomic E-state index is 0.0887. The highest BCUT2D eigenvalue weighted by molar-refractivity contribution is 5.80. The van der Waals surface area contributed by atoms with Crippen molar-refractivity contribution in [1.82, 2.24) is 4.90 Å². The number of benzene rings is 2. The van der Waals surface area contributed by atoms with E-state index in [1.807, 2.05) is 20.8 Å². The molecule has 0 unspecified atom stereocenters. The maximum absolute atomic E-state index is 12.9. The number of esters is 1. The molecule has 0 aliphatic carbocycles. The highest BCUT2D eigenvalue weighted by Crippen LogP contribution is 2.28. The summed E-state index contributed by atoms with van der Waals surface area (Å²) in [6, 6.07) is 19.6. The molecule has 0 amide bonds. The van der Waals surface area contributed by atoms with Gasteiger partial charge in [-0.1, -0.05) is 42.5 Å². The Kier molecular flexibility index (Phi) is 8.32. The van der Waals surface area contributed by atoms with Gasteiger partial charge in [0.25, 0.3) is 0 Å². The van der Waals surface area contributed by atoms with E-state index in [0.29, 0.717) is 12.6 Å². The molecule has 2 aliphatic heterocycles. The van der Waals surface area contributed by atoms with Gasteiger partial charge in [-0.25, -0.2) is 4.79 Å². The molecule has 0 atom stereocenters. The Morgan fingerprint density at radius 1 is 1.03 bits per heavy atom. The lowest BCUT2D eigenvalue weighted by molar-refractivity contribution is -0.939. The maximum Gasteiger partial charge on any atom is 0.362 e. The molecule has 2 heterocycles. The van der Waals surface area contributed by atoms with Crippen molar-refractivity contribution in [1.29, 1.82) is 0 Å². The van der Waals surface area contributed by atoms with Crippen LogP contribution in [-0.2, 0) is 16.1 Å². The first-order chi connectivity index (χ1) is 17.3. The van der Waals surface area contributed by atoms with Gasteiger partial charge >= 0.3 is 5.97 Å². The fourth-order valence-electron chi connectivity index (χ4n) is 5.66. The van der Waals surface area contributed by atoms with Gasteiger partial charge in [0.15, 0.2) is 6.54 Å². The van der Waals surface area contributed by atoms with Crippen molar-refractivity contribution >= 4 is 17.9 Å². The van der Waals surface area contributed by atoms with Gasteiger partial charge in [0.05, 0.1) is 19.3 Å². The Morgan fingerprint density at radius 3 is 2.25 bits per heavy atom. The predicted molar refractivity (Wildman–Crippen MR) is 146 cm³/mol. The Hall–Kier alpha value is -2.90. The number of hydrogen-bond acceptors (Lipinski definition) is 6. The van der Waals surface area contributed by atoms with Crippen LogP contribution in [-0.4, -0.2) is 79.0 Å². The minimum Gasteiger partial charge on any atom is -0.456 e. The molecule has 194 valence electrons. The minimum atomic E-state index is -0.454. The highest BCUT2D eigenvalue weighted by Gasteiger charge is 2.39. The number of carbonyl (C=O) groups is 1. The van der Waals surface area contributed by atoms with Crippen LogP contribution in [0, 0.1) is 0 Å². The summed E-state index contributed by atoms with van der Waals surface area (Å²) in [6.45, 7) is 13.4. The first-order valence-electron chi connectivity index (χ1n) is 13.2. The van der Waals surface area contributed by atoms with Crippen molar-refractivity contribution in [3.05, 3.63) is 65.7 Å². The Morgan fingerprint density at radius 2 is 1.67 bits per heavy atom. The third kappa shape index (κ3) is 7.08. The number of hydrogen-bond donors (Lipinski definition) is 1. The monoisotopic (exact) mass is 492 g/mol. The number of rotatable bonds is 7. The second-order valence-corrected chi connectivity index (χ2v) is 11.3. The summed E-state index contributed by atoms with van der Waals surface area (Å²) in [5.41, 5.74) is 3.11. The lowest BCUT2D eigenvalue weighted by atomic mass is 9.98. The molecule has 4 rings (SSSR count). The lowest BCUT2D eigenvalue weighted by Crippen LogP contribution is -2.60. The number of carbonyl (C=O) groups excluding carboxylic acids is 1. The molecule has 0 saturated carbocycles. The van der Waals surface area contributed by atoms with Crippen LogP contribution in [0.15, 0.2) is 59.7 Å². The molecule has 2 aromatic rings. The molecule has 7 nitrogen and oxygen atoms in total. The fourth-order valence-corrected chi connectivity index (χ4v) is 5.66. The van der Waals surface area contributed by atoms with Gasteiger partial charge in [0.2, 0.25) is 0 Å². The van der Waals surface area contributed by atoms with Crippen LogP contribution in [0.2, 0.25) is 0 Å². The van der Waals surface area contributed by atoms with Gasteiger partial charge < -0.3 is 20.0 Å². The summed E-state index contributed by atoms with van der Waals surface area (Å²) < 4.78 is 6.52. The summed E-state index contributed by atoms with van der Waals surface area (Å²) >= 11 is 0. The van der Waals surface area contributed by atoms with Crippen molar-refractivity contribution in [2.45, 2.75) is 51.8 Å². The van der Waals surface area contributed by atoms with Gasteiger partial charge in [-0.2, -0.15) is 5.10 Å². The van der Waals surface area contributed by atoms with Crippen LogP contribution in [0.3, 0.4) is 0 Å². The topological polar surface area (TPSA) is 71.2 Å². The molecule has 2 fully saturated rings. The van der Waals surface area contributed by atoms with Crippen molar-refractivity contribution in [3.8, 4) is 0 Å². The van der Waals surface area contributed by atoms with E-state index in [0.717, 1.165) is 68.7 Å². The molecule has 0 spiro atoms. The predicted octanol–water partition coefficient (Wildman–Crippen LogP) is 3.62. The zero-order chi connectivity index (χ0) is 25.6. The average molecular weight is 493 g/mol. The molecule has 36 heavy (non-hydrogen) atoms. The molecule has 2 N–H and O–H groups in total. The first kappa shape index (κ1) is 26.2. The van der Waals surface area contributed by atoms with Crippen LogP contribution in [0.1, 0.15) is 44.7 Å². The number of ether oxygens (including phenoxy) is 1. The van der Waals surface area contributed by atoms with Crippen LogP contribution in [0.25, 0.3) is 0 Å². The first-order valence-corrected chi connectivity index (χ1v) is 13.2. The van der Waals surface area contributed by atoms with E-state index < -0.39 is 5.60 Å². The molecule has 2 aliphatic rings. The second kappa shape index (κ2) is 11.4. The van der Waals surface area contributed by atoms with E-state index in [1.54, 1.807) is 6.21 Å². The van der Waals surface area contributed by atoms with Crippen LogP contribution < -0.4 is 10.7 Å². The molecular formula is C29H42N5O2+.